The average molecular weight is 369 g/mol. The monoisotopic (exact) mass is 369 g/mol. The van der Waals surface area contributed by atoms with Crippen molar-refractivity contribution in [3.05, 3.63) is 48.3 Å². The van der Waals surface area contributed by atoms with Crippen molar-refractivity contribution in [1.82, 2.24) is 15.3 Å². The molecule has 1 unspecified atom stereocenters. The summed E-state index contributed by atoms with van der Waals surface area (Å²) in [6.07, 6.45) is 5.57. The molecule has 0 saturated carbocycles. The van der Waals surface area contributed by atoms with Gasteiger partial charge in [-0.25, -0.2) is 19.6 Å². The molecular formula is C19H23N5O3. The molecule has 142 valence electrons. The number of hydrogen-bond acceptors (Lipinski definition) is 6. The van der Waals surface area contributed by atoms with E-state index in [1.54, 1.807) is 42.7 Å². The van der Waals surface area contributed by atoms with Gasteiger partial charge in [0, 0.05) is 37.7 Å². The first-order chi connectivity index (χ1) is 13.2. The second-order valence-corrected chi connectivity index (χ2v) is 6.41. The van der Waals surface area contributed by atoms with Crippen molar-refractivity contribution in [1.29, 1.82) is 0 Å². The normalized spacial score (nSPS) is 16.5. The molecule has 1 atom stereocenters. The Morgan fingerprint density at radius 2 is 1.96 bits per heavy atom. The molecule has 1 aromatic carbocycles. The molecule has 1 aliphatic heterocycles. The van der Waals surface area contributed by atoms with Crippen LogP contribution in [0.4, 0.5) is 16.4 Å². The van der Waals surface area contributed by atoms with Crippen LogP contribution in [0.15, 0.2) is 42.7 Å². The van der Waals surface area contributed by atoms with E-state index in [9.17, 15) is 9.59 Å². The third kappa shape index (κ3) is 5.16. The van der Waals surface area contributed by atoms with E-state index in [2.05, 4.69) is 30.2 Å². The zero-order chi connectivity index (χ0) is 19.1. The van der Waals surface area contributed by atoms with Crippen molar-refractivity contribution in [3.63, 3.8) is 0 Å². The first kappa shape index (κ1) is 18.6. The number of ether oxygens (including phenoxy) is 1. The molecular weight excluding hydrogens is 346 g/mol. The topological polar surface area (TPSA) is 96.4 Å². The van der Waals surface area contributed by atoms with E-state index in [0.717, 1.165) is 31.9 Å². The summed E-state index contributed by atoms with van der Waals surface area (Å²) in [5.74, 6) is 0.669. The minimum Gasteiger partial charge on any atom is -0.465 e. The number of anilines is 2. The number of nitrogens with zero attached hydrogens (tertiary/aromatic N) is 3. The van der Waals surface area contributed by atoms with E-state index in [1.165, 1.54) is 7.11 Å². The summed E-state index contributed by atoms with van der Waals surface area (Å²) in [7, 11) is 1.33. The summed E-state index contributed by atoms with van der Waals surface area (Å²) < 4.78 is 4.65. The van der Waals surface area contributed by atoms with Gasteiger partial charge in [-0.1, -0.05) is 0 Å². The zero-order valence-electron chi connectivity index (χ0n) is 15.2. The zero-order valence-corrected chi connectivity index (χ0v) is 15.2. The predicted molar refractivity (Wildman–Crippen MR) is 102 cm³/mol. The van der Waals surface area contributed by atoms with Crippen LogP contribution in [0.3, 0.4) is 0 Å². The molecule has 2 aromatic rings. The van der Waals surface area contributed by atoms with Gasteiger partial charge in [0.15, 0.2) is 0 Å². The highest BCUT2D eigenvalue weighted by Crippen LogP contribution is 2.19. The van der Waals surface area contributed by atoms with Crippen LogP contribution in [0.1, 0.15) is 23.2 Å². The van der Waals surface area contributed by atoms with Gasteiger partial charge in [-0.15, -0.1) is 0 Å². The molecule has 3 rings (SSSR count). The van der Waals surface area contributed by atoms with Gasteiger partial charge in [0.05, 0.1) is 12.7 Å². The highest BCUT2D eigenvalue weighted by atomic mass is 16.5. The fourth-order valence-corrected chi connectivity index (χ4v) is 3.09. The van der Waals surface area contributed by atoms with E-state index < -0.39 is 5.97 Å². The molecule has 1 aromatic heterocycles. The van der Waals surface area contributed by atoms with Gasteiger partial charge in [0.1, 0.15) is 0 Å². The number of nitrogens with one attached hydrogen (secondary N) is 2. The summed E-state index contributed by atoms with van der Waals surface area (Å²) in [6, 6.07) is 8.09. The molecule has 27 heavy (non-hydrogen) atoms. The summed E-state index contributed by atoms with van der Waals surface area (Å²) in [5, 5.41) is 5.68. The quantitative estimate of drug-likeness (QED) is 0.785. The Hall–Kier alpha value is -3.16. The number of piperidine rings is 1. The van der Waals surface area contributed by atoms with Gasteiger partial charge in [-0.05, 0) is 49.1 Å². The lowest BCUT2D eigenvalue weighted by Crippen LogP contribution is -2.42. The van der Waals surface area contributed by atoms with Crippen molar-refractivity contribution < 1.29 is 14.3 Å². The molecule has 0 spiro atoms. The number of urea groups is 1. The van der Waals surface area contributed by atoms with Crippen molar-refractivity contribution in [2.45, 2.75) is 12.8 Å². The van der Waals surface area contributed by atoms with Crippen LogP contribution in [0, 0.1) is 5.92 Å². The fraction of sp³-hybridized carbons (Fsp3) is 0.368. The molecule has 1 fully saturated rings. The summed E-state index contributed by atoms with van der Waals surface area (Å²) in [4.78, 5) is 34.3. The lowest BCUT2D eigenvalue weighted by Gasteiger charge is -2.32. The first-order valence-corrected chi connectivity index (χ1v) is 8.91. The van der Waals surface area contributed by atoms with E-state index in [0.29, 0.717) is 23.7 Å². The molecule has 0 bridgehead atoms. The number of hydrogen-bond donors (Lipinski definition) is 2. The van der Waals surface area contributed by atoms with Crippen LogP contribution in [0.5, 0.6) is 0 Å². The van der Waals surface area contributed by atoms with Gasteiger partial charge in [0.2, 0.25) is 5.95 Å². The maximum atomic E-state index is 12.1. The molecule has 1 aliphatic rings. The third-order valence-corrected chi connectivity index (χ3v) is 4.47. The highest BCUT2D eigenvalue weighted by molar-refractivity contribution is 5.92. The number of rotatable bonds is 5. The Balaban J connectivity index is 1.46. The fourth-order valence-electron chi connectivity index (χ4n) is 3.09. The molecule has 8 nitrogen and oxygen atoms in total. The maximum Gasteiger partial charge on any atom is 0.337 e. The Kier molecular flexibility index (Phi) is 6.19. The smallest absolute Gasteiger partial charge is 0.337 e. The van der Waals surface area contributed by atoms with Crippen molar-refractivity contribution in [2.75, 3.05) is 37.0 Å². The standard InChI is InChI=1S/C19H23N5O3/c1-27-17(25)15-5-7-16(8-6-15)23-19(26)22-12-14-4-2-11-24(13-14)18-20-9-3-10-21-18/h3,5-10,14H,2,4,11-13H2,1H3,(H2,22,23,26). The van der Waals surface area contributed by atoms with E-state index in [1.807, 2.05) is 0 Å². The summed E-state index contributed by atoms with van der Waals surface area (Å²) in [5.41, 5.74) is 1.05. The van der Waals surface area contributed by atoms with E-state index >= 15 is 0 Å². The van der Waals surface area contributed by atoms with Gasteiger partial charge in [-0.2, -0.15) is 0 Å². The van der Waals surface area contributed by atoms with E-state index in [4.69, 9.17) is 0 Å². The lowest BCUT2D eigenvalue weighted by atomic mass is 9.98. The number of carbonyl (C=O) groups is 2. The minimum atomic E-state index is -0.407. The third-order valence-electron chi connectivity index (χ3n) is 4.47. The van der Waals surface area contributed by atoms with Crippen molar-refractivity contribution in [2.24, 2.45) is 5.92 Å². The average Bonchev–Trinajstić information content (AvgIpc) is 2.73. The van der Waals surface area contributed by atoms with Crippen molar-refractivity contribution in [3.8, 4) is 0 Å². The number of benzene rings is 1. The van der Waals surface area contributed by atoms with Crippen LogP contribution in [0.2, 0.25) is 0 Å². The van der Waals surface area contributed by atoms with Crippen LogP contribution in [-0.4, -0.2) is 48.7 Å². The van der Waals surface area contributed by atoms with Crippen LogP contribution in [-0.2, 0) is 4.74 Å². The van der Waals surface area contributed by atoms with Gasteiger partial charge >= 0.3 is 12.0 Å². The first-order valence-electron chi connectivity index (χ1n) is 8.91. The number of aromatic nitrogens is 2. The van der Waals surface area contributed by atoms with Crippen molar-refractivity contribution >= 4 is 23.6 Å². The van der Waals surface area contributed by atoms with E-state index in [-0.39, 0.29) is 6.03 Å². The number of methoxy groups -OCH3 is 1. The molecule has 1 saturated heterocycles. The van der Waals surface area contributed by atoms with Crippen LogP contribution >= 0.6 is 0 Å². The van der Waals surface area contributed by atoms with Gasteiger partial charge < -0.3 is 20.3 Å². The lowest BCUT2D eigenvalue weighted by molar-refractivity contribution is 0.0600. The number of carbonyl (C=O) groups excluding carboxylic acids is 2. The SMILES string of the molecule is COC(=O)c1ccc(NC(=O)NCC2CCCN(c3ncccn3)C2)cc1. The van der Waals surface area contributed by atoms with Gasteiger partial charge in [-0.3, -0.25) is 0 Å². The Morgan fingerprint density at radius 1 is 1.22 bits per heavy atom. The highest BCUT2D eigenvalue weighted by Gasteiger charge is 2.22. The second-order valence-electron chi connectivity index (χ2n) is 6.41. The Morgan fingerprint density at radius 3 is 2.67 bits per heavy atom. The largest absolute Gasteiger partial charge is 0.465 e. The second kappa shape index (κ2) is 8.98. The Bertz CT molecular complexity index is 767. The van der Waals surface area contributed by atoms with Crippen LogP contribution in [0.25, 0.3) is 0 Å². The Labute approximate surface area is 158 Å². The molecule has 8 heteroatoms. The molecule has 2 amide bonds. The molecule has 2 heterocycles. The van der Waals surface area contributed by atoms with Crippen LogP contribution < -0.4 is 15.5 Å². The molecule has 0 aliphatic carbocycles. The molecule has 0 radical (unpaired) electrons. The predicted octanol–water partition coefficient (Wildman–Crippen LogP) is 2.30. The summed E-state index contributed by atoms with van der Waals surface area (Å²) >= 11 is 0. The summed E-state index contributed by atoms with van der Waals surface area (Å²) in [6.45, 7) is 2.33. The molecule has 2 N–H and O–H groups in total. The maximum absolute atomic E-state index is 12.1. The minimum absolute atomic E-state index is 0.270. The number of amides is 2. The number of esters is 1. The van der Waals surface area contributed by atoms with Gasteiger partial charge in [0.25, 0.3) is 0 Å².